The van der Waals surface area contributed by atoms with Gasteiger partial charge >= 0.3 is 12.2 Å². The van der Waals surface area contributed by atoms with Gasteiger partial charge in [-0.2, -0.15) is 4.57 Å². The molecule has 2 aromatic heterocycles. The lowest BCUT2D eigenvalue weighted by Gasteiger charge is -2.21. The van der Waals surface area contributed by atoms with Gasteiger partial charge in [-0.25, -0.2) is 14.2 Å². The van der Waals surface area contributed by atoms with E-state index in [0.29, 0.717) is 6.54 Å². The molecule has 3 unspecified atom stereocenters. The Kier molecular flexibility index (Phi) is 9.91. The molecule has 1 amide bonds. The van der Waals surface area contributed by atoms with Gasteiger partial charge in [0.05, 0.1) is 12.5 Å². The molecule has 218 valence electrons. The largest absolute Gasteiger partial charge is 1.00 e. The fourth-order valence-electron chi connectivity index (χ4n) is 5.14. The summed E-state index contributed by atoms with van der Waals surface area (Å²) in [5.41, 5.74) is 2.42. The number of aromatic nitrogens is 3. The molecule has 0 aliphatic heterocycles. The highest BCUT2D eigenvalue weighted by molar-refractivity contribution is 6.11. The summed E-state index contributed by atoms with van der Waals surface area (Å²) in [6.45, 7) is 11.3. The minimum Gasteiger partial charge on any atom is -1.00 e. The maximum Gasteiger partial charge on any atom is 0.512 e. The number of benzene rings is 1. The highest BCUT2D eigenvalue weighted by Gasteiger charge is 2.34. The summed E-state index contributed by atoms with van der Waals surface area (Å²) in [5.74, 6) is 0.892. The summed E-state index contributed by atoms with van der Waals surface area (Å²) < 4.78 is 21.9. The van der Waals surface area contributed by atoms with E-state index in [0.717, 1.165) is 40.8 Å². The first kappa shape index (κ1) is 31.4. The Labute approximate surface area is 252 Å². The number of fused-ring (bicyclic) bond motifs is 3. The second-order valence-electron chi connectivity index (χ2n) is 11.2. The molecule has 0 saturated heterocycles. The van der Waals surface area contributed by atoms with E-state index in [1.165, 1.54) is 0 Å². The Morgan fingerprint density at radius 1 is 1.18 bits per heavy atom. The van der Waals surface area contributed by atoms with Gasteiger partial charge in [-0.05, 0) is 46.6 Å². The predicted molar refractivity (Wildman–Crippen MR) is 144 cm³/mol. The summed E-state index contributed by atoms with van der Waals surface area (Å²) in [5, 5.41) is 3.58. The molecule has 11 heteroatoms. The first-order chi connectivity index (χ1) is 18.4. The fraction of sp³-hybridized carbons (Fsp3) is 0.517. The number of nitrogens with zero attached hydrogens (tertiary/aromatic N) is 3. The van der Waals surface area contributed by atoms with Crippen molar-refractivity contribution in [3.63, 3.8) is 0 Å². The van der Waals surface area contributed by atoms with Crippen LogP contribution in [0.1, 0.15) is 69.1 Å². The average Bonchev–Trinajstić information content (AvgIpc) is 3.36. The van der Waals surface area contributed by atoms with Crippen LogP contribution in [0.3, 0.4) is 0 Å². The average molecular weight is 667 g/mol. The monoisotopic (exact) mass is 666 g/mol. The number of Topliss-reactive ketones (excluding diaryl/α,β-unsaturated/α-hetero) is 1. The van der Waals surface area contributed by atoms with Gasteiger partial charge < -0.3 is 48.1 Å². The smallest absolute Gasteiger partial charge is 0.512 e. The Morgan fingerprint density at radius 3 is 2.58 bits per heavy atom. The number of ketones is 1. The molecule has 2 heterocycles. The molecule has 0 spiro atoms. The third-order valence-corrected chi connectivity index (χ3v) is 7.08. The van der Waals surface area contributed by atoms with E-state index in [4.69, 9.17) is 14.2 Å². The lowest BCUT2D eigenvalue weighted by molar-refractivity contribution is -0.706. The highest BCUT2D eigenvalue weighted by Crippen LogP contribution is 2.34. The quantitative estimate of drug-likeness (QED) is 0.234. The number of rotatable bonds is 7. The summed E-state index contributed by atoms with van der Waals surface area (Å²) in [4.78, 5) is 37.7. The van der Waals surface area contributed by atoms with E-state index in [-0.39, 0.29) is 42.2 Å². The zero-order chi connectivity index (χ0) is 28.5. The zero-order valence-electron chi connectivity index (χ0n) is 24.2. The van der Waals surface area contributed by atoms with Gasteiger partial charge in [0.1, 0.15) is 30.6 Å². The highest BCUT2D eigenvalue weighted by atomic mass is 127. The maximum atomic E-state index is 13.6. The van der Waals surface area contributed by atoms with E-state index in [1.54, 1.807) is 34.6 Å². The van der Waals surface area contributed by atoms with E-state index in [1.807, 2.05) is 53.7 Å². The molecule has 0 radical (unpaired) electrons. The van der Waals surface area contributed by atoms with Gasteiger partial charge in [0.2, 0.25) is 6.23 Å². The van der Waals surface area contributed by atoms with E-state index < -0.39 is 30.2 Å². The molecule has 1 aliphatic rings. The van der Waals surface area contributed by atoms with Crippen molar-refractivity contribution in [3.05, 3.63) is 53.7 Å². The lowest BCUT2D eigenvalue weighted by Crippen LogP contribution is -3.00. The van der Waals surface area contributed by atoms with Crippen LogP contribution in [0.2, 0.25) is 0 Å². The number of imidazole rings is 1. The first-order valence-electron chi connectivity index (χ1n) is 13.4. The van der Waals surface area contributed by atoms with Gasteiger partial charge in [-0.3, -0.25) is 4.79 Å². The van der Waals surface area contributed by atoms with Gasteiger partial charge in [0.15, 0.2) is 5.78 Å². The lowest BCUT2D eigenvalue weighted by atomic mass is 9.85. The van der Waals surface area contributed by atoms with Crippen molar-refractivity contribution in [2.24, 2.45) is 13.0 Å². The van der Waals surface area contributed by atoms with Crippen LogP contribution in [-0.4, -0.2) is 45.4 Å². The van der Waals surface area contributed by atoms with Crippen LogP contribution in [0.15, 0.2) is 36.7 Å². The van der Waals surface area contributed by atoms with Crippen LogP contribution in [0.4, 0.5) is 9.59 Å². The zero-order valence-corrected chi connectivity index (χ0v) is 26.4. The van der Waals surface area contributed by atoms with Crippen LogP contribution < -0.4 is 33.9 Å². The standard InChI is InChI=1S/C29H38N4O6.HI/c1-18(16-30-27(35)39-29(4,5)6)37-28(36)38-20(3)33-15-14-32(19(33)2)17-21-12-13-24-25(26(21)34)22-10-8-9-11-23(22)31(24)7;/h8-11,14-15,18,20-21H,12-13,16-17H2,1-7H3;1H. The fourth-order valence-corrected chi connectivity index (χ4v) is 5.14. The minimum absolute atomic E-state index is 0. The van der Waals surface area contributed by atoms with Crippen molar-refractivity contribution in [3.8, 4) is 0 Å². The Balaban J connectivity index is 0.00000441. The Hall–Kier alpha value is -3.09. The summed E-state index contributed by atoms with van der Waals surface area (Å²) in [6.07, 6.45) is 2.70. The van der Waals surface area contributed by atoms with Crippen LogP contribution in [0, 0.1) is 12.8 Å². The number of aryl methyl sites for hydroxylation is 1. The number of alkyl carbamates (subject to hydrolysis) is 1. The number of hydrogen-bond donors (Lipinski definition) is 1. The maximum absolute atomic E-state index is 13.6. The molecule has 10 nitrogen and oxygen atoms in total. The molecule has 0 saturated carbocycles. The third-order valence-electron chi connectivity index (χ3n) is 7.08. The number of amides is 1. The number of carbonyl (C=O) groups excluding carboxylic acids is 3. The van der Waals surface area contributed by atoms with Gasteiger partial charge in [-0.1, -0.05) is 18.2 Å². The number of halogens is 1. The number of carbonyl (C=O) groups is 3. The van der Waals surface area contributed by atoms with Crippen LogP contribution in [-0.2, 0) is 34.2 Å². The molecule has 1 aliphatic carbocycles. The minimum atomic E-state index is -0.841. The molecule has 4 rings (SSSR count). The topological polar surface area (TPSA) is 105 Å². The molecular weight excluding hydrogens is 627 g/mol. The normalized spacial score (nSPS) is 16.5. The third kappa shape index (κ3) is 6.97. The number of para-hydroxylation sites is 1. The summed E-state index contributed by atoms with van der Waals surface area (Å²) in [7, 11) is 2.03. The van der Waals surface area contributed by atoms with Gasteiger partial charge in [0, 0.05) is 43.1 Å². The molecule has 1 N–H and O–H groups in total. The number of hydrogen-bond acceptors (Lipinski definition) is 6. The molecule has 40 heavy (non-hydrogen) atoms. The summed E-state index contributed by atoms with van der Waals surface area (Å²) >= 11 is 0. The predicted octanol–water partition coefficient (Wildman–Crippen LogP) is 1.61. The molecule has 1 aromatic carbocycles. The van der Waals surface area contributed by atoms with Crippen LogP contribution in [0.25, 0.3) is 10.9 Å². The van der Waals surface area contributed by atoms with Crippen LogP contribution >= 0.6 is 0 Å². The number of ether oxygens (including phenoxy) is 3. The van der Waals surface area contributed by atoms with Crippen molar-refractivity contribution < 1.29 is 57.1 Å². The van der Waals surface area contributed by atoms with Crippen molar-refractivity contribution in [1.29, 1.82) is 0 Å². The molecule has 0 bridgehead atoms. The van der Waals surface area contributed by atoms with Crippen molar-refractivity contribution in [1.82, 2.24) is 14.5 Å². The van der Waals surface area contributed by atoms with Gasteiger partial charge in [0.25, 0.3) is 5.82 Å². The molecule has 3 aromatic rings. The number of nitrogens with one attached hydrogen (secondary N) is 1. The van der Waals surface area contributed by atoms with Crippen LogP contribution in [0.5, 0.6) is 0 Å². The Morgan fingerprint density at radius 2 is 1.88 bits per heavy atom. The van der Waals surface area contributed by atoms with Gasteiger partial charge in [-0.15, -0.1) is 0 Å². The molecular formula is C29H39IN4O6. The molecule has 0 fully saturated rings. The molecule has 3 atom stereocenters. The van der Waals surface area contributed by atoms with E-state index in [9.17, 15) is 14.4 Å². The van der Waals surface area contributed by atoms with Crippen molar-refractivity contribution in [2.75, 3.05) is 6.54 Å². The second-order valence-corrected chi connectivity index (χ2v) is 11.2. The van der Waals surface area contributed by atoms with Crippen molar-refractivity contribution in [2.45, 2.75) is 78.9 Å². The van der Waals surface area contributed by atoms with E-state index >= 15 is 0 Å². The second kappa shape index (κ2) is 12.6. The van der Waals surface area contributed by atoms with Crippen molar-refractivity contribution >= 4 is 28.9 Å². The SMILES string of the molecule is Cc1n(C(C)OC(=O)OC(C)CNC(=O)OC(C)(C)C)cc[n+]1CC1CCc2c(c3ccccc3n2C)C1=O.[I-]. The summed E-state index contributed by atoms with van der Waals surface area (Å²) in [6, 6.07) is 8.05. The van der Waals surface area contributed by atoms with E-state index in [2.05, 4.69) is 16.0 Å². The Bertz CT molecular complexity index is 1390. The first-order valence-corrected chi connectivity index (χ1v) is 13.4.